The van der Waals surface area contributed by atoms with Gasteiger partial charge in [-0.15, -0.1) is 5.10 Å². The molecule has 2 aromatic rings. The Bertz CT molecular complexity index is 758. The topological polar surface area (TPSA) is 84.2 Å². The molecule has 0 spiro atoms. The molecule has 0 N–H and O–H groups in total. The zero-order valence-corrected chi connectivity index (χ0v) is 15.2. The minimum Gasteiger partial charge on any atom is -0.343 e. The van der Waals surface area contributed by atoms with E-state index < -0.39 is 0 Å². The lowest BCUT2D eigenvalue weighted by Gasteiger charge is -2.36. The first kappa shape index (κ1) is 18.0. The lowest BCUT2D eigenvalue weighted by molar-refractivity contribution is 0.0593. The molecule has 3 rings (SSSR count). The van der Waals surface area contributed by atoms with E-state index in [0.29, 0.717) is 17.8 Å². The van der Waals surface area contributed by atoms with E-state index in [0.717, 1.165) is 32.2 Å². The molecule has 2 aromatic heterocycles. The number of rotatable bonds is 5. The third-order valence-corrected chi connectivity index (χ3v) is 4.67. The summed E-state index contributed by atoms with van der Waals surface area (Å²) in [4.78, 5) is 32.1. The van der Waals surface area contributed by atoms with Crippen molar-refractivity contribution in [2.24, 2.45) is 0 Å². The van der Waals surface area contributed by atoms with E-state index >= 15 is 0 Å². The van der Waals surface area contributed by atoms with Gasteiger partial charge in [0.25, 0.3) is 11.8 Å². The Balaban J connectivity index is 1.64. The summed E-state index contributed by atoms with van der Waals surface area (Å²) in [6.07, 6.45) is 8.87. The molecule has 0 radical (unpaired) electrons. The molecule has 138 valence electrons. The van der Waals surface area contributed by atoms with Gasteiger partial charge in [0, 0.05) is 51.2 Å². The van der Waals surface area contributed by atoms with E-state index in [1.54, 1.807) is 49.5 Å². The second kappa shape index (κ2) is 8.07. The maximum Gasteiger partial charge on any atom is 0.275 e. The van der Waals surface area contributed by atoms with Crippen LogP contribution in [0.4, 0.5) is 0 Å². The fraction of sp³-hybridized carbons (Fsp3) is 0.500. The predicted octanol–water partition coefficient (Wildman–Crippen LogP) is 1.46. The minimum atomic E-state index is -0.164. The zero-order chi connectivity index (χ0) is 18.5. The van der Waals surface area contributed by atoms with Crippen molar-refractivity contribution in [1.82, 2.24) is 29.8 Å². The molecule has 1 aliphatic heterocycles. The second-order valence-electron chi connectivity index (χ2n) is 6.74. The van der Waals surface area contributed by atoms with E-state index in [-0.39, 0.29) is 17.9 Å². The Kier molecular flexibility index (Phi) is 5.60. The Hall–Kier alpha value is -2.77. The Labute approximate surface area is 152 Å². The Morgan fingerprint density at radius 1 is 1.23 bits per heavy atom. The van der Waals surface area contributed by atoms with Gasteiger partial charge in [-0.05, 0) is 37.8 Å². The average Bonchev–Trinajstić information content (AvgIpc) is 3.15. The molecule has 0 aromatic carbocycles. The van der Waals surface area contributed by atoms with Crippen LogP contribution in [0.2, 0.25) is 0 Å². The molecule has 2 amide bonds. The number of hydrogen-bond acceptors (Lipinski definition) is 5. The van der Waals surface area contributed by atoms with Gasteiger partial charge in [-0.2, -0.15) is 0 Å². The van der Waals surface area contributed by atoms with Crippen molar-refractivity contribution in [2.75, 3.05) is 20.6 Å². The van der Waals surface area contributed by atoms with Crippen LogP contribution in [0.15, 0.2) is 30.7 Å². The number of likely N-dealkylation sites (tertiary alicyclic amines) is 1. The van der Waals surface area contributed by atoms with Crippen molar-refractivity contribution in [3.8, 4) is 0 Å². The van der Waals surface area contributed by atoms with E-state index in [1.807, 2.05) is 4.90 Å². The molecule has 1 saturated heterocycles. The SMILES string of the molecule is CN(C)C(=O)c1cn(CCC2CCCCN2C(=O)c2ccncc2)nn1. The van der Waals surface area contributed by atoms with Gasteiger partial charge >= 0.3 is 0 Å². The summed E-state index contributed by atoms with van der Waals surface area (Å²) in [5, 5.41) is 7.98. The van der Waals surface area contributed by atoms with E-state index in [4.69, 9.17) is 0 Å². The first-order valence-corrected chi connectivity index (χ1v) is 8.89. The molecule has 8 heteroatoms. The maximum absolute atomic E-state index is 12.8. The van der Waals surface area contributed by atoms with Gasteiger partial charge in [0.2, 0.25) is 0 Å². The number of hydrogen-bond donors (Lipinski definition) is 0. The highest BCUT2D eigenvalue weighted by Gasteiger charge is 2.27. The molecule has 0 bridgehead atoms. The highest BCUT2D eigenvalue weighted by atomic mass is 16.2. The molecule has 0 aliphatic carbocycles. The summed E-state index contributed by atoms with van der Waals surface area (Å²) in [5.74, 6) is -0.109. The summed E-state index contributed by atoms with van der Waals surface area (Å²) in [7, 11) is 3.37. The molecule has 1 unspecified atom stereocenters. The van der Waals surface area contributed by atoms with E-state index in [9.17, 15) is 9.59 Å². The lowest BCUT2D eigenvalue weighted by Crippen LogP contribution is -2.44. The summed E-state index contributed by atoms with van der Waals surface area (Å²) in [6, 6.07) is 3.68. The second-order valence-corrected chi connectivity index (χ2v) is 6.74. The van der Waals surface area contributed by atoms with Gasteiger partial charge in [-0.25, -0.2) is 0 Å². The standard InChI is InChI=1S/C18H24N6O2/c1-22(2)18(26)16-13-23(21-20-16)12-8-15-5-3-4-11-24(15)17(25)14-6-9-19-10-7-14/h6-7,9-10,13,15H,3-5,8,11-12H2,1-2H3. The van der Waals surface area contributed by atoms with Gasteiger partial charge in [0.1, 0.15) is 0 Å². The summed E-state index contributed by atoms with van der Waals surface area (Å²) < 4.78 is 1.68. The van der Waals surface area contributed by atoms with Crippen molar-refractivity contribution in [2.45, 2.75) is 38.3 Å². The predicted molar refractivity (Wildman–Crippen MR) is 95.6 cm³/mol. The maximum atomic E-state index is 12.8. The van der Waals surface area contributed by atoms with E-state index in [2.05, 4.69) is 15.3 Å². The highest BCUT2D eigenvalue weighted by molar-refractivity contribution is 5.94. The smallest absolute Gasteiger partial charge is 0.275 e. The number of piperidine rings is 1. The number of aromatic nitrogens is 4. The van der Waals surface area contributed by atoms with Gasteiger partial charge in [0.05, 0.1) is 6.20 Å². The average molecular weight is 356 g/mol. The minimum absolute atomic E-state index is 0.0548. The van der Waals surface area contributed by atoms with E-state index in [1.165, 1.54) is 4.90 Å². The number of nitrogens with zero attached hydrogens (tertiary/aromatic N) is 6. The fourth-order valence-electron chi connectivity index (χ4n) is 3.24. The van der Waals surface area contributed by atoms with Gasteiger partial charge in [-0.3, -0.25) is 19.3 Å². The Morgan fingerprint density at radius 2 is 2.00 bits per heavy atom. The summed E-state index contributed by atoms with van der Waals surface area (Å²) in [6.45, 7) is 1.39. The monoisotopic (exact) mass is 356 g/mol. The van der Waals surface area contributed by atoms with Crippen molar-refractivity contribution in [1.29, 1.82) is 0 Å². The Morgan fingerprint density at radius 3 is 2.73 bits per heavy atom. The van der Waals surface area contributed by atoms with Crippen LogP contribution in [-0.4, -0.2) is 68.3 Å². The third kappa shape index (κ3) is 4.07. The van der Waals surface area contributed by atoms with Crippen LogP contribution in [0.5, 0.6) is 0 Å². The molecule has 3 heterocycles. The van der Waals surface area contributed by atoms with Crippen LogP contribution in [0, 0.1) is 0 Å². The van der Waals surface area contributed by atoms with Crippen LogP contribution in [0.3, 0.4) is 0 Å². The highest BCUT2D eigenvalue weighted by Crippen LogP contribution is 2.22. The first-order valence-electron chi connectivity index (χ1n) is 8.89. The van der Waals surface area contributed by atoms with Gasteiger partial charge < -0.3 is 9.80 Å². The van der Waals surface area contributed by atoms with Crippen LogP contribution in [0.1, 0.15) is 46.5 Å². The first-order chi connectivity index (χ1) is 12.6. The van der Waals surface area contributed by atoms with Crippen molar-refractivity contribution >= 4 is 11.8 Å². The third-order valence-electron chi connectivity index (χ3n) is 4.67. The van der Waals surface area contributed by atoms with Crippen LogP contribution in [0.25, 0.3) is 0 Å². The summed E-state index contributed by atoms with van der Waals surface area (Å²) in [5.41, 5.74) is 1.01. The van der Waals surface area contributed by atoms with Crippen LogP contribution < -0.4 is 0 Å². The van der Waals surface area contributed by atoms with Crippen LogP contribution >= 0.6 is 0 Å². The summed E-state index contributed by atoms with van der Waals surface area (Å²) >= 11 is 0. The van der Waals surface area contributed by atoms with Gasteiger partial charge in [0.15, 0.2) is 5.69 Å². The number of carbonyl (C=O) groups is 2. The number of amides is 2. The number of pyridine rings is 1. The molecular formula is C18H24N6O2. The van der Waals surface area contributed by atoms with Crippen molar-refractivity contribution < 1.29 is 9.59 Å². The quantitative estimate of drug-likeness (QED) is 0.810. The normalized spacial score (nSPS) is 17.2. The van der Waals surface area contributed by atoms with Gasteiger partial charge in [-0.1, -0.05) is 5.21 Å². The fourth-order valence-corrected chi connectivity index (χ4v) is 3.24. The lowest BCUT2D eigenvalue weighted by atomic mass is 9.98. The molecule has 1 aliphatic rings. The van der Waals surface area contributed by atoms with Crippen LogP contribution in [-0.2, 0) is 6.54 Å². The zero-order valence-electron chi connectivity index (χ0n) is 15.2. The number of aryl methyl sites for hydroxylation is 1. The van der Waals surface area contributed by atoms with Crippen molar-refractivity contribution in [3.63, 3.8) is 0 Å². The molecule has 0 saturated carbocycles. The molecule has 1 atom stereocenters. The molecule has 26 heavy (non-hydrogen) atoms. The van der Waals surface area contributed by atoms with Crippen molar-refractivity contribution in [3.05, 3.63) is 42.0 Å². The molecule has 1 fully saturated rings. The molecular weight excluding hydrogens is 332 g/mol. The molecule has 8 nitrogen and oxygen atoms in total. The number of carbonyl (C=O) groups excluding carboxylic acids is 2. The largest absolute Gasteiger partial charge is 0.343 e.